The van der Waals surface area contributed by atoms with Gasteiger partial charge in [-0.15, -0.1) is 0 Å². The smallest absolute Gasteiger partial charge is 0.326 e. The molecule has 0 N–H and O–H groups in total. The molecule has 27 heavy (non-hydrogen) atoms. The maximum atomic E-state index is 12.4. The molecule has 1 aromatic carbocycles. The first kappa shape index (κ1) is 19.3. The standard InChI is InChI=1S/C19H17NO5S2/c1-3-24-16(21)11-20-18(22)15(27-19(20)23)10-13-6-9-17(25-13)26-14-7-4-12(2)5-8-14/h4-10H,3,11H2,1-2H3/b15-10+. The Kier molecular flexibility index (Phi) is 6.08. The lowest BCUT2D eigenvalue weighted by molar-refractivity contribution is -0.145. The van der Waals surface area contributed by atoms with E-state index in [1.54, 1.807) is 19.1 Å². The summed E-state index contributed by atoms with van der Waals surface area (Å²) in [6.45, 7) is 3.49. The second kappa shape index (κ2) is 8.49. The van der Waals surface area contributed by atoms with Crippen molar-refractivity contribution in [3.8, 4) is 0 Å². The maximum absolute atomic E-state index is 12.4. The van der Waals surface area contributed by atoms with Crippen LogP contribution in [0, 0.1) is 6.92 Å². The fraction of sp³-hybridized carbons (Fsp3) is 0.211. The minimum Gasteiger partial charge on any atom is -0.465 e. The molecule has 2 amide bonds. The molecular formula is C19H17NO5S2. The van der Waals surface area contributed by atoms with Gasteiger partial charge in [0.2, 0.25) is 0 Å². The molecule has 0 saturated carbocycles. The number of hydrogen-bond donors (Lipinski definition) is 0. The van der Waals surface area contributed by atoms with Gasteiger partial charge in [0.1, 0.15) is 12.3 Å². The van der Waals surface area contributed by atoms with E-state index in [0.29, 0.717) is 10.9 Å². The monoisotopic (exact) mass is 403 g/mol. The van der Waals surface area contributed by atoms with Crippen LogP contribution in [0.1, 0.15) is 18.2 Å². The summed E-state index contributed by atoms with van der Waals surface area (Å²) in [4.78, 5) is 38.0. The van der Waals surface area contributed by atoms with Crippen molar-refractivity contribution >= 4 is 46.7 Å². The van der Waals surface area contributed by atoms with E-state index >= 15 is 0 Å². The number of esters is 1. The minimum absolute atomic E-state index is 0.193. The molecule has 1 saturated heterocycles. The van der Waals surface area contributed by atoms with Crippen LogP contribution in [0.15, 0.2) is 55.7 Å². The molecule has 1 fully saturated rings. The molecule has 3 rings (SSSR count). The van der Waals surface area contributed by atoms with Gasteiger partial charge in [0, 0.05) is 11.0 Å². The zero-order valence-corrected chi connectivity index (χ0v) is 16.4. The fourth-order valence-electron chi connectivity index (χ4n) is 2.29. The van der Waals surface area contributed by atoms with E-state index in [1.807, 2.05) is 31.2 Å². The van der Waals surface area contributed by atoms with E-state index in [-0.39, 0.29) is 18.1 Å². The van der Waals surface area contributed by atoms with Crippen LogP contribution in [0.25, 0.3) is 6.08 Å². The average molecular weight is 403 g/mol. The number of benzene rings is 1. The van der Waals surface area contributed by atoms with Gasteiger partial charge in [-0.3, -0.25) is 19.3 Å². The van der Waals surface area contributed by atoms with Gasteiger partial charge in [0.25, 0.3) is 11.1 Å². The predicted octanol–water partition coefficient (Wildman–Crippen LogP) is 4.34. The normalized spacial score (nSPS) is 15.6. The van der Waals surface area contributed by atoms with E-state index in [2.05, 4.69) is 0 Å². The highest BCUT2D eigenvalue weighted by Crippen LogP contribution is 2.34. The van der Waals surface area contributed by atoms with Crippen LogP contribution in [0.2, 0.25) is 0 Å². The van der Waals surface area contributed by atoms with Crippen molar-refractivity contribution in [3.63, 3.8) is 0 Å². The van der Waals surface area contributed by atoms with Crippen LogP contribution in [0.4, 0.5) is 4.79 Å². The summed E-state index contributed by atoms with van der Waals surface area (Å²) < 4.78 is 10.5. The topological polar surface area (TPSA) is 76.8 Å². The summed E-state index contributed by atoms with van der Waals surface area (Å²) in [6.07, 6.45) is 1.51. The summed E-state index contributed by atoms with van der Waals surface area (Å²) in [7, 11) is 0. The Labute approximate surface area is 164 Å². The van der Waals surface area contributed by atoms with E-state index in [9.17, 15) is 14.4 Å². The highest BCUT2D eigenvalue weighted by molar-refractivity contribution is 8.18. The zero-order chi connectivity index (χ0) is 19.4. The Hall–Kier alpha value is -2.45. The Morgan fingerprint density at radius 1 is 1.22 bits per heavy atom. The fourth-order valence-corrected chi connectivity index (χ4v) is 3.89. The summed E-state index contributed by atoms with van der Waals surface area (Å²) in [6, 6.07) is 11.6. The molecule has 1 aliphatic rings. The van der Waals surface area contributed by atoms with Crippen molar-refractivity contribution in [2.24, 2.45) is 0 Å². The Morgan fingerprint density at radius 3 is 2.67 bits per heavy atom. The number of furan rings is 1. The Morgan fingerprint density at radius 2 is 1.96 bits per heavy atom. The number of aryl methyl sites for hydroxylation is 1. The molecule has 0 radical (unpaired) electrons. The van der Waals surface area contributed by atoms with Crippen molar-refractivity contribution < 1.29 is 23.5 Å². The van der Waals surface area contributed by atoms with Crippen molar-refractivity contribution in [2.75, 3.05) is 13.2 Å². The van der Waals surface area contributed by atoms with Crippen molar-refractivity contribution in [1.29, 1.82) is 0 Å². The number of carbonyl (C=O) groups excluding carboxylic acids is 3. The first-order chi connectivity index (χ1) is 13.0. The van der Waals surface area contributed by atoms with Gasteiger partial charge in [-0.1, -0.05) is 29.5 Å². The van der Waals surface area contributed by atoms with E-state index in [1.165, 1.54) is 23.4 Å². The van der Waals surface area contributed by atoms with Crippen LogP contribution in [0.5, 0.6) is 0 Å². The largest absolute Gasteiger partial charge is 0.465 e. The molecule has 1 aromatic heterocycles. The summed E-state index contributed by atoms with van der Waals surface area (Å²) in [5.41, 5.74) is 1.18. The Bertz CT molecular complexity index is 901. The molecule has 140 valence electrons. The van der Waals surface area contributed by atoms with Crippen LogP contribution >= 0.6 is 23.5 Å². The number of ether oxygens (including phenoxy) is 1. The number of hydrogen-bond acceptors (Lipinski definition) is 7. The number of carbonyl (C=O) groups is 3. The van der Waals surface area contributed by atoms with Gasteiger partial charge < -0.3 is 9.15 Å². The number of imide groups is 1. The van der Waals surface area contributed by atoms with E-state index < -0.39 is 17.1 Å². The molecule has 6 nitrogen and oxygen atoms in total. The second-order valence-corrected chi connectivity index (χ2v) is 7.72. The minimum atomic E-state index is -0.615. The van der Waals surface area contributed by atoms with Crippen LogP contribution in [-0.2, 0) is 14.3 Å². The molecule has 0 aliphatic carbocycles. The molecule has 0 unspecified atom stereocenters. The molecule has 0 spiro atoms. The highest BCUT2D eigenvalue weighted by Gasteiger charge is 2.36. The van der Waals surface area contributed by atoms with E-state index in [0.717, 1.165) is 21.6 Å². The highest BCUT2D eigenvalue weighted by atomic mass is 32.2. The van der Waals surface area contributed by atoms with Gasteiger partial charge in [0.05, 0.1) is 11.5 Å². The lowest BCUT2D eigenvalue weighted by atomic mass is 10.2. The summed E-state index contributed by atoms with van der Waals surface area (Å²) in [5.74, 6) is -0.677. The summed E-state index contributed by atoms with van der Waals surface area (Å²) >= 11 is 2.24. The van der Waals surface area contributed by atoms with Crippen LogP contribution in [0.3, 0.4) is 0 Å². The van der Waals surface area contributed by atoms with Crippen LogP contribution in [-0.4, -0.2) is 35.2 Å². The number of rotatable bonds is 6. The molecular weight excluding hydrogens is 386 g/mol. The third-order valence-electron chi connectivity index (χ3n) is 3.58. The lowest BCUT2D eigenvalue weighted by Crippen LogP contribution is -2.34. The average Bonchev–Trinajstić information content (AvgIpc) is 3.17. The zero-order valence-electron chi connectivity index (χ0n) is 14.8. The third-order valence-corrected chi connectivity index (χ3v) is 5.42. The van der Waals surface area contributed by atoms with Crippen molar-refractivity contribution in [1.82, 2.24) is 4.90 Å². The number of nitrogens with zero attached hydrogens (tertiary/aromatic N) is 1. The first-order valence-electron chi connectivity index (χ1n) is 8.21. The molecule has 0 atom stereocenters. The van der Waals surface area contributed by atoms with Gasteiger partial charge in [-0.2, -0.15) is 0 Å². The predicted molar refractivity (Wildman–Crippen MR) is 103 cm³/mol. The lowest BCUT2D eigenvalue weighted by Gasteiger charge is -2.10. The van der Waals surface area contributed by atoms with Crippen molar-refractivity contribution in [3.05, 3.63) is 52.6 Å². The molecule has 0 bridgehead atoms. The SMILES string of the molecule is CCOC(=O)CN1C(=O)S/C(=C/c2ccc(Sc3ccc(C)cc3)o2)C1=O. The summed E-state index contributed by atoms with van der Waals surface area (Å²) in [5, 5.41) is 0.177. The molecule has 2 aromatic rings. The van der Waals surface area contributed by atoms with Gasteiger partial charge in [-0.05, 0) is 49.9 Å². The molecule has 2 heterocycles. The Balaban J connectivity index is 1.69. The second-order valence-electron chi connectivity index (χ2n) is 5.64. The van der Waals surface area contributed by atoms with Gasteiger partial charge >= 0.3 is 5.97 Å². The van der Waals surface area contributed by atoms with Crippen LogP contribution < -0.4 is 0 Å². The number of thioether (sulfide) groups is 1. The van der Waals surface area contributed by atoms with Gasteiger partial charge in [0.15, 0.2) is 5.09 Å². The third kappa shape index (κ3) is 4.84. The molecule has 1 aliphatic heterocycles. The number of amides is 2. The quantitative estimate of drug-likeness (QED) is 0.524. The van der Waals surface area contributed by atoms with E-state index in [4.69, 9.17) is 9.15 Å². The van der Waals surface area contributed by atoms with Gasteiger partial charge in [-0.25, -0.2) is 0 Å². The first-order valence-corrected chi connectivity index (χ1v) is 9.85. The molecule has 8 heteroatoms. The van der Waals surface area contributed by atoms with Crippen molar-refractivity contribution in [2.45, 2.75) is 23.8 Å². The maximum Gasteiger partial charge on any atom is 0.326 e.